The van der Waals surface area contributed by atoms with Gasteiger partial charge in [0.25, 0.3) is 0 Å². The van der Waals surface area contributed by atoms with Crippen LogP contribution in [0.4, 0.5) is 0 Å². The molecule has 0 bridgehead atoms. The van der Waals surface area contributed by atoms with Crippen molar-refractivity contribution in [2.75, 3.05) is 0 Å². The molecule has 3 nitrogen and oxygen atoms in total. The van der Waals surface area contributed by atoms with Crippen LogP contribution in [0.2, 0.25) is 0 Å². The van der Waals surface area contributed by atoms with Gasteiger partial charge in [0.2, 0.25) is 0 Å². The van der Waals surface area contributed by atoms with E-state index in [2.05, 4.69) is 41.4 Å². The second-order valence-corrected chi connectivity index (χ2v) is 6.56. The van der Waals surface area contributed by atoms with Crippen LogP contribution in [0.15, 0.2) is 48.5 Å². The van der Waals surface area contributed by atoms with Crippen molar-refractivity contribution in [1.82, 2.24) is 4.98 Å². The summed E-state index contributed by atoms with van der Waals surface area (Å²) in [5, 5.41) is 1.06. The lowest BCUT2D eigenvalue weighted by molar-refractivity contribution is 0.0457. The summed E-state index contributed by atoms with van der Waals surface area (Å²) in [5.41, 5.74) is 5.14. The molecule has 1 saturated carbocycles. The summed E-state index contributed by atoms with van der Waals surface area (Å²) in [6.45, 7) is 0.681. The van der Waals surface area contributed by atoms with Crippen molar-refractivity contribution in [3.8, 4) is 11.1 Å². The zero-order valence-electron chi connectivity index (χ0n) is 13.6. The van der Waals surface area contributed by atoms with Gasteiger partial charge in [-0.15, -0.1) is 0 Å². The maximum Gasteiger partial charge on any atom is 0.166 e. The number of benzene rings is 2. The van der Waals surface area contributed by atoms with Gasteiger partial charge in [-0.3, -0.25) is 4.79 Å². The van der Waals surface area contributed by atoms with Gasteiger partial charge < -0.3 is 9.72 Å². The lowest BCUT2D eigenvalue weighted by atomic mass is 10.0. The number of carbonyl (C=O) groups excluding carboxylic acids is 1. The lowest BCUT2D eigenvalue weighted by Crippen LogP contribution is -2.07. The van der Waals surface area contributed by atoms with E-state index in [4.69, 9.17) is 4.74 Å². The van der Waals surface area contributed by atoms with Crippen molar-refractivity contribution in [1.29, 1.82) is 0 Å². The molecule has 3 heteroatoms. The van der Waals surface area contributed by atoms with E-state index in [1.54, 1.807) is 0 Å². The number of carbonyl (C=O) groups is 1. The van der Waals surface area contributed by atoms with Gasteiger partial charge in [-0.2, -0.15) is 0 Å². The van der Waals surface area contributed by atoms with E-state index in [1.807, 2.05) is 12.1 Å². The first-order valence-electron chi connectivity index (χ1n) is 8.61. The average Bonchev–Trinajstić information content (AvgIpc) is 3.28. The third-order valence-electron chi connectivity index (χ3n) is 4.82. The van der Waals surface area contributed by atoms with Crippen LogP contribution in [0.1, 0.15) is 41.7 Å². The van der Waals surface area contributed by atoms with E-state index >= 15 is 0 Å². The minimum Gasteiger partial charge on any atom is -0.374 e. The molecular formula is C21H21NO2. The number of fused-ring (bicyclic) bond motifs is 1. The van der Waals surface area contributed by atoms with Crippen LogP contribution in [-0.4, -0.2) is 17.4 Å². The van der Waals surface area contributed by atoms with Crippen LogP contribution in [0.5, 0.6) is 0 Å². The molecular weight excluding hydrogens is 298 g/mol. The number of hydrogen-bond acceptors (Lipinski definition) is 2. The van der Waals surface area contributed by atoms with Gasteiger partial charge >= 0.3 is 0 Å². The molecule has 1 fully saturated rings. The molecule has 3 aromatic rings. The number of aldehydes is 1. The normalized spacial score (nSPS) is 15.2. The predicted molar refractivity (Wildman–Crippen MR) is 96.2 cm³/mol. The molecule has 4 rings (SSSR count). The molecule has 0 aliphatic heterocycles. The Labute approximate surface area is 141 Å². The largest absolute Gasteiger partial charge is 0.374 e. The summed E-state index contributed by atoms with van der Waals surface area (Å²) in [6.07, 6.45) is 6.27. The Morgan fingerprint density at radius 3 is 2.71 bits per heavy atom. The summed E-state index contributed by atoms with van der Waals surface area (Å²) in [4.78, 5) is 14.0. The highest BCUT2D eigenvalue weighted by Crippen LogP contribution is 2.27. The van der Waals surface area contributed by atoms with E-state index in [-0.39, 0.29) is 0 Å². The fourth-order valence-electron chi connectivity index (χ4n) is 3.51. The second-order valence-electron chi connectivity index (χ2n) is 6.56. The Morgan fingerprint density at radius 1 is 1.04 bits per heavy atom. The number of aromatic nitrogens is 1. The van der Waals surface area contributed by atoms with E-state index in [0.29, 0.717) is 18.4 Å². The highest BCUT2D eigenvalue weighted by molar-refractivity contribution is 5.90. The Morgan fingerprint density at radius 2 is 1.88 bits per heavy atom. The average molecular weight is 319 g/mol. The zero-order chi connectivity index (χ0) is 16.4. The molecule has 0 radical (unpaired) electrons. The maximum absolute atomic E-state index is 10.9. The highest BCUT2D eigenvalue weighted by Gasteiger charge is 2.15. The van der Waals surface area contributed by atoms with Gasteiger partial charge in [0.15, 0.2) is 6.29 Å². The van der Waals surface area contributed by atoms with Gasteiger partial charge in [-0.05, 0) is 53.8 Å². The predicted octanol–water partition coefficient (Wildman–Crippen LogP) is 5.11. The number of rotatable bonds is 5. The molecule has 1 aliphatic rings. The second kappa shape index (κ2) is 6.62. The molecule has 122 valence electrons. The zero-order valence-corrected chi connectivity index (χ0v) is 13.6. The molecule has 0 atom stereocenters. The number of ether oxygens (including phenoxy) is 1. The topological polar surface area (TPSA) is 42.1 Å². The summed E-state index contributed by atoms with van der Waals surface area (Å²) < 4.78 is 6.02. The van der Waals surface area contributed by atoms with E-state index < -0.39 is 0 Å². The van der Waals surface area contributed by atoms with Crippen LogP contribution < -0.4 is 0 Å². The van der Waals surface area contributed by atoms with Crippen LogP contribution in [0, 0.1) is 0 Å². The molecule has 0 spiro atoms. The molecule has 1 aromatic heterocycles. The Kier molecular flexibility index (Phi) is 4.18. The summed E-state index contributed by atoms with van der Waals surface area (Å²) in [5.74, 6) is 0. The summed E-state index contributed by atoms with van der Waals surface area (Å²) in [6, 6.07) is 16.6. The van der Waals surface area contributed by atoms with Crippen LogP contribution in [0.25, 0.3) is 22.0 Å². The fourth-order valence-corrected chi connectivity index (χ4v) is 3.51. The molecule has 1 aliphatic carbocycles. The van der Waals surface area contributed by atoms with Crippen molar-refractivity contribution in [2.45, 2.75) is 38.4 Å². The fraction of sp³-hybridized carbons (Fsp3) is 0.286. The molecule has 0 saturated heterocycles. The monoisotopic (exact) mass is 319 g/mol. The lowest BCUT2D eigenvalue weighted by Gasteiger charge is -2.12. The molecule has 24 heavy (non-hydrogen) atoms. The van der Waals surface area contributed by atoms with Crippen molar-refractivity contribution >= 4 is 17.2 Å². The molecule has 0 amide bonds. The smallest absolute Gasteiger partial charge is 0.166 e. The first-order valence-corrected chi connectivity index (χ1v) is 8.61. The SMILES string of the molecule is O=Cc1cc2cc(-c3cccc(COC4CCCC4)c3)ccc2[nH]1. The Hall–Kier alpha value is -2.39. The third-order valence-corrected chi connectivity index (χ3v) is 4.82. The molecule has 1 N–H and O–H groups in total. The standard InChI is InChI=1S/C21H21NO2/c23-13-19-12-18-11-17(8-9-21(18)22-19)16-5-3-4-15(10-16)14-24-20-6-1-2-7-20/h3-5,8-13,20,22H,1-2,6-7,14H2. The van der Waals surface area contributed by atoms with Gasteiger partial charge in [0, 0.05) is 10.9 Å². The van der Waals surface area contributed by atoms with E-state index in [1.165, 1.54) is 36.8 Å². The minimum absolute atomic E-state index is 0.437. The Balaban J connectivity index is 1.56. The Bertz CT molecular complexity index is 859. The molecule has 2 aromatic carbocycles. The molecule has 0 unspecified atom stereocenters. The van der Waals surface area contributed by atoms with E-state index in [9.17, 15) is 4.79 Å². The first kappa shape index (κ1) is 15.2. The van der Waals surface area contributed by atoms with Gasteiger partial charge in [0.1, 0.15) is 0 Å². The third kappa shape index (κ3) is 3.13. The van der Waals surface area contributed by atoms with Gasteiger partial charge in [0.05, 0.1) is 18.4 Å². The van der Waals surface area contributed by atoms with Gasteiger partial charge in [-0.25, -0.2) is 0 Å². The van der Waals surface area contributed by atoms with Crippen LogP contribution in [0.3, 0.4) is 0 Å². The first-order chi connectivity index (χ1) is 11.8. The van der Waals surface area contributed by atoms with Crippen LogP contribution in [-0.2, 0) is 11.3 Å². The summed E-state index contributed by atoms with van der Waals surface area (Å²) >= 11 is 0. The van der Waals surface area contributed by atoms with Crippen molar-refractivity contribution < 1.29 is 9.53 Å². The minimum atomic E-state index is 0.437. The van der Waals surface area contributed by atoms with Gasteiger partial charge in [-0.1, -0.05) is 37.1 Å². The number of hydrogen-bond donors (Lipinski definition) is 1. The highest BCUT2D eigenvalue weighted by atomic mass is 16.5. The number of aromatic amines is 1. The van der Waals surface area contributed by atoms with Crippen molar-refractivity contribution in [2.24, 2.45) is 0 Å². The maximum atomic E-state index is 10.9. The molecule has 1 heterocycles. The number of nitrogens with one attached hydrogen (secondary N) is 1. The van der Waals surface area contributed by atoms with E-state index in [0.717, 1.165) is 22.8 Å². The number of H-pyrrole nitrogens is 1. The van der Waals surface area contributed by atoms with Crippen molar-refractivity contribution in [3.05, 3.63) is 59.8 Å². The van der Waals surface area contributed by atoms with Crippen LogP contribution >= 0.6 is 0 Å². The quantitative estimate of drug-likeness (QED) is 0.664. The van der Waals surface area contributed by atoms with Crippen molar-refractivity contribution in [3.63, 3.8) is 0 Å². The summed E-state index contributed by atoms with van der Waals surface area (Å²) in [7, 11) is 0.